The molecule has 0 amide bonds. The zero-order chi connectivity index (χ0) is 13.1. The number of nitrogens with zero attached hydrogens (tertiary/aromatic N) is 3. The molecule has 6 nitrogen and oxygen atoms in total. The van der Waals surface area contributed by atoms with Gasteiger partial charge in [0.1, 0.15) is 16.5 Å². The zero-order valence-electron chi connectivity index (χ0n) is 10.1. The summed E-state index contributed by atoms with van der Waals surface area (Å²) in [6, 6.07) is 1.81. The highest BCUT2D eigenvalue weighted by Crippen LogP contribution is 2.16. The van der Waals surface area contributed by atoms with Gasteiger partial charge >= 0.3 is 0 Å². The van der Waals surface area contributed by atoms with Crippen LogP contribution >= 0.6 is 11.6 Å². The fraction of sp³-hybridized carbons (Fsp3) is 0.364. The van der Waals surface area contributed by atoms with E-state index in [1.807, 2.05) is 19.9 Å². The summed E-state index contributed by atoms with van der Waals surface area (Å²) >= 11 is 5.97. The topological polar surface area (TPSA) is 73.0 Å². The number of nitrogens with one attached hydrogen (secondary N) is 1. The Hall–Kier alpha value is -1.82. The summed E-state index contributed by atoms with van der Waals surface area (Å²) in [5.74, 6) is 0.734. The Labute approximate surface area is 109 Å². The molecule has 2 aromatic heterocycles. The number of halogens is 1. The first-order valence-electron chi connectivity index (χ1n) is 5.53. The Balaban J connectivity index is 2.15. The first-order chi connectivity index (χ1) is 8.61. The van der Waals surface area contributed by atoms with E-state index in [0.29, 0.717) is 18.8 Å². The van der Waals surface area contributed by atoms with E-state index in [2.05, 4.69) is 15.6 Å². The highest BCUT2D eigenvalue weighted by molar-refractivity contribution is 6.32. The lowest BCUT2D eigenvalue weighted by molar-refractivity contribution is 0.391. The normalized spacial score (nSPS) is 10.6. The Morgan fingerprint density at radius 3 is 2.94 bits per heavy atom. The largest absolute Gasteiger partial charge is 0.377 e. The van der Waals surface area contributed by atoms with Crippen LogP contribution < -0.4 is 10.9 Å². The third kappa shape index (κ3) is 2.53. The second-order valence-corrected chi connectivity index (χ2v) is 4.15. The standard InChI is InChI=1S/C11H13ClN4O2/c1-3-16-11(17)10(12)9(6-14-16)13-5-8-4-7(2)18-15-8/h4,6,13H,3,5H2,1-2H3. The van der Waals surface area contributed by atoms with E-state index >= 15 is 0 Å². The zero-order valence-corrected chi connectivity index (χ0v) is 10.9. The smallest absolute Gasteiger partial charge is 0.287 e. The lowest BCUT2D eigenvalue weighted by Gasteiger charge is -2.07. The third-order valence-corrected chi connectivity index (χ3v) is 2.79. The third-order valence-electron chi connectivity index (χ3n) is 2.42. The first-order valence-corrected chi connectivity index (χ1v) is 5.91. The first kappa shape index (κ1) is 12.6. The molecule has 0 saturated carbocycles. The van der Waals surface area contributed by atoms with Gasteiger partial charge in [0.25, 0.3) is 5.56 Å². The number of aromatic nitrogens is 3. The monoisotopic (exact) mass is 268 g/mol. The van der Waals surface area contributed by atoms with Crippen LogP contribution in [-0.4, -0.2) is 14.9 Å². The van der Waals surface area contributed by atoms with Crippen LogP contribution in [0.25, 0.3) is 0 Å². The van der Waals surface area contributed by atoms with Gasteiger partial charge in [-0.05, 0) is 13.8 Å². The van der Waals surface area contributed by atoms with Crippen LogP contribution in [0.15, 0.2) is 21.6 Å². The summed E-state index contributed by atoms with van der Waals surface area (Å²) in [4.78, 5) is 11.7. The van der Waals surface area contributed by atoms with Crippen molar-refractivity contribution < 1.29 is 4.52 Å². The van der Waals surface area contributed by atoms with Gasteiger partial charge in [-0.15, -0.1) is 0 Å². The molecule has 0 aliphatic heterocycles. The average molecular weight is 269 g/mol. The molecule has 96 valence electrons. The van der Waals surface area contributed by atoms with E-state index in [-0.39, 0.29) is 10.6 Å². The highest BCUT2D eigenvalue weighted by atomic mass is 35.5. The molecular weight excluding hydrogens is 256 g/mol. The predicted octanol–water partition coefficient (Wildman–Crippen LogP) is 1.83. The number of hydrogen-bond acceptors (Lipinski definition) is 5. The molecule has 0 aliphatic rings. The molecule has 2 aromatic rings. The number of anilines is 1. The maximum Gasteiger partial charge on any atom is 0.287 e. The van der Waals surface area contributed by atoms with Crippen LogP contribution in [0.4, 0.5) is 5.69 Å². The molecule has 18 heavy (non-hydrogen) atoms. The van der Waals surface area contributed by atoms with E-state index in [1.54, 1.807) is 0 Å². The van der Waals surface area contributed by atoms with Gasteiger partial charge < -0.3 is 9.84 Å². The molecular formula is C11H13ClN4O2. The van der Waals surface area contributed by atoms with E-state index in [1.165, 1.54) is 10.9 Å². The van der Waals surface area contributed by atoms with Crippen molar-refractivity contribution in [3.8, 4) is 0 Å². The van der Waals surface area contributed by atoms with E-state index in [9.17, 15) is 4.79 Å². The molecule has 2 heterocycles. The molecule has 0 unspecified atom stereocenters. The van der Waals surface area contributed by atoms with Gasteiger partial charge in [0, 0.05) is 12.6 Å². The number of aryl methyl sites for hydroxylation is 2. The number of rotatable bonds is 4. The fourth-order valence-electron chi connectivity index (χ4n) is 1.50. The van der Waals surface area contributed by atoms with Gasteiger partial charge in [0.05, 0.1) is 18.4 Å². The Morgan fingerprint density at radius 1 is 1.56 bits per heavy atom. The maximum absolute atomic E-state index is 11.7. The summed E-state index contributed by atoms with van der Waals surface area (Å²) < 4.78 is 6.24. The van der Waals surface area contributed by atoms with Crippen LogP contribution in [0.2, 0.25) is 5.02 Å². The summed E-state index contributed by atoms with van der Waals surface area (Å²) in [6.45, 7) is 4.55. The molecule has 2 rings (SSSR count). The second-order valence-electron chi connectivity index (χ2n) is 3.78. The molecule has 0 fully saturated rings. The van der Waals surface area contributed by atoms with Crippen molar-refractivity contribution in [1.82, 2.24) is 14.9 Å². The van der Waals surface area contributed by atoms with Crippen molar-refractivity contribution in [1.29, 1.82) is 0 Å². The van der Waals surface area contributed by atoms with E-state index in [0.717, 1.165) is 11.5 Å². The molecule has 7 heteroatoms. The summed E-state index contributed by atoms with van der Waals surface area (Å²) in [7, 11) is 0. The lowest BCUT2D eigenvalue weighted by atomic mass is 10.3. The molecule has 0 atom stereocenters. The Morgan fingerprint density at radius 2 is 2.33 bits per heavy atom. The second kappa shape index (κ2) is 5.22. The van der Waals surface area contributed by atoms with Crippen molar-refractivity contribution in [2.45, 2.75) is 26.9 Å². The Bertz CT molecular complexity index is 605. The van der Waals surface area contributed by atoms with Crippen LogP contribution in [-0.2, 0) is 13.1 Å². The lowest BCUT2D eigenvalue weighted by Crippen LogP contribution is -2.23. The highest BCUT2D eigenvalue weighted by Gasteiger charge is 2.08. The van der Waals surface area contributed by atoms with Crippen molar-refractivity contribution in [2.24, 2.45) is 0 Å². The van der Waals surface area contributed by atoms with Gasteiger partial charge in [-0.25, -0.2) is 4.68 Å². The van der Waals surface area contributed by atoms with Gasteiger partial charge in [-0.2, -0.15) is 5.10 Å². The van der Waals surface area contributed by atoms with Gasteiger partial charge in [0.15, 0.2) is 0 Å². The SMILES string of the molecule is CCn1ncc(NCc2cc(C)on2)c(Cl)c1=O. The van der Waals surface area contributed by atoms with Crippen LogP contribution in [0.3, 0.4) is 0 Å². The molecule has 0 radical (unpaired) electrons. The average Bonchev–Trinajstić information content (AvgIpc) is 2.77. The molecule has 0 saturated heterocycles. The van der Waals surface area contributed by atoms with Gasteiger partial charge in [-0.3, -0.25) is 4.79 Å². The maximum atomic E-state index is 11.7. The molecule has 0 aliphatic carbocycles. The van der Waals surface area contributed by atoms with Crippen LogP contribution in [0.5, 0.6) is 0 Å². The van der Waals surface area contributed by atoms with Crippen molar-refractivity contribution in [3.05, 3.63) is 39.1 Å². The summed E-state index contributed by atoms with van der Waals surface area (Å²) in [5, 5.41) is 11.0. The molecule has 0 spiro atoms. The predicted molar refractivity (Wildman–Crippen MR) is 67.7 cm³/mol. The van der Waals surface area contributed by atoms with Crippen molar-refractivity contribution >= 4 is 17.3 Å². The van der Waals surface area contributed by atoms with Crippen molar-refractivity contribution in [2.75, 3.05) is 5.32 Å². The van der Waals surface area contributed by atoms with Gasteiger partial charge in [0.2, 0.25) is 0 Å². The minimum Gasteiger partial charge on any atom is -0.377 e. The van der Waals surface area contributed by atoms with E-state index < -0.39 is 0 Å². The van der Waals surface area contributed by atoms with Crippen LogP contribution in [0, 0.1) is 6.92 Å². The molecule has 1 N–H and O–H groups in total. The minimum atomic E-state index is -0.305. The Kier molecular flexibility index (Phi) is 3.66. The molecule has 0 aromatic carbocycles. The quantitative estimate of drug-likeness (QED) is 0.916. The van der Waals surface area contributed by atoms with Crippen LogP contribution in [0.1, 0.15) is 18.4 Å². The molecule has 0 bridgehead atoms. The number of hydrogen-bond donors (Lipinski definition) is 1. The minimum absolute atomic E-state index is 0.132. The van der Waals surface area contributed by atoms with Gasteiger partial charge in [-0.1, -0.05) is 16.8 Å². The summed E-state index contributed by atoms with van der Waals surface area (Å²) in [6.07, 6.45) is 1.53. The fourth-order valence-corrected chi connectivity index (χ4v) is 1.71. The summed E-state index contributed by atoms with van der Waals surface area (Å²) in [5.41, 5.74) is 0.927. The van der Waals surface area contributed by atoms with E-state index in [4.69, 9.17) is 16.1 Å². The van der Waals surface area contributed by atoms with Crippen molar-refractivity contribution in [3.63, 3.8) is 0 Å².